The average Bonchev–Trinajstić information content (AvgIpc) is 3.25. The maximum atomic E-state index is 13.3. The molecule has 1 atom stereocenters. The van der Waals surface area contributed by atoms with Crippen molar-refractivity contribution in [3.8, 4) is 0 Å². The molecule has 0 saturated carbocycles. The number of hydrogen-bond donors (Lipinski definition) is 1. The van der Waals surface area contributed by atoms with Gasteiger partial charge < -0.3 is 5.32 Å². The lowest BCUT2D eigenvalue weighted by atomic mass is 9.97. The zero-order chi connectivity index (χ0) is 23.6. The van der Waals surface area contributed by atoms with E-state index < -0.39 is 10.0 Å². The van der Waals surface area contributed by atoms with E-state index in [0.717, 1.165) is 11.9 Å². The minimum atomic E-state index is -3.70. The fraction of sp³-hybridized carbons (Fsp3) is 0.435. The number of nitrogens with one attached hydrogen (secondary N) is 1. The lowest BCUT2D eigenvalue weighted by molar-refractivity contribution is -0.126. The molecule has 3 aromatic rings. The van der Waals surface area contributed by atoms with E-state index in [9.17, 15) is 17.6 Å². The van der Waals surface area contributed by atoms with E-state index >= 15 is 0 Å². The first kappa shape index (κ1) is 23.3. The Balaban J connectivity index is 1.39. The number of fused-ring (bicyclic) bond motifs is 1. The van der Waals surface area contributed by atoms with Crippen LogP contribution < -0.4 is 5.32 Å². The van der Waals surface area contributed by atoms with Gasteiger partial charge in [-0.25, -0.2) is 17.5 Å². The Labute approximate surface area is 192 Å². The van der Waals surface area contributed by atoms with Crippen LogP contribution in [0.4, 0.5) is 4.39 Å². The van der Waals surface area contributed by atoms with E-state index in [1.165, 1.54) is 16.4 Å². The molecule has 1 saturated heterocycles. The van der Waals surface area contributed by atoms with Crippen LogP contribution in [0.3, 0.4) is 0 Å². The van der Waals surface area contributed by atoms with Crippen molar-refractivity contribution in [2.24, 2.45) is 5.92 Å². The molecule has 1 fully saturated rings. The maximum Gasteiger partial charge on any atom is 0.243 e. The molecule has 0 bridgehead atoms. The molecule has 1 aliphatic heterocycles. The van der Waals surface area contributed by atoms with E-state index in [1.54, 1.807) is 35.0 Å². The molecule has 1 amide bonds. The number of hydrogen-bond acceptors (Lipinski definition) is 5. The van der Waals surface area contributed by atoms with Crippen molar-refractivity contribution in [3.05, 3.63) is 53.8 Å². The first-order chi connectivity index (χ1) is 15.8. The molecule has 1 aliphatic rings. The minimum absolute atomic E-state index is 0.139. The molecule has 176 valence electrons. The summed E-state index contributed by atoms with van der Waals surface area (Å²) in [7, 11) is -3.70. The first-order valence-corrected chi connectivity index (χ1v) is 12.6. The Morgan fingerprint density at radius 1 is 1.21 bits per heavy atom. The second kappa shape index (κ2) is 9.56. The van der Waals surface area contributed by atoms with E-state index in [2.05, 4.69) is 22.6 Å². The Bertz CT molecular complexity index is 1250. The third-order valence-corrected chi connectivity index (χ3v) is 8.16. The van der Waals surface area contributed by atoms with Gasteiger partial charge >= 0.3 is 0 Å². The van der Waals surface area contributed by atoms with Crippen molar-refractivity contribution < 1.29 is 17.6 Å². The van der Waals surface area contributed by atoms with Gasteiger partial charge in [-0.3, -0.25) is 4.79 Å². The van der Waals surface area contributed by atoms with Gasteiger partial charge in [0.25, 0.3) is 0 Å². The molecule has 0 aliphatic carbocycles. The van der Waals surface area contributed by atoms with Crippen molar-refractivity contribution in [2.75, 3.05) is 13.1 Å². The van der Waals surface area contributed by atoms with Gasteiger partial charge in [-0.05, 0) is 62.1 Å². The number of carbonyl (C=O) groups excluding carboxylic acids is 1. The summed E-state index contributed by atoms with van der Waals surface area (Å²) in [6, 6.07) is 11.2. The lowest BCUT2D eigenvalue weighted by Gasteiger charge is -2.30. The van der Waals surface area contributed by atoms with Crippen LogP contribution >= 0.6 is 0 Å². The third kappa shape index (κ3) is 4.91. The molecule has 8 nitrogen and oxygen atoms in total. The number of nitrogens with zero attached hydrogens (tertiary/aromatic N) is 4. The summed E-state index contributed by atoms with van der Waals surface area (Å²) in [6.07, 6.45) is 1.75. The van der Waals surface area contributed by atoms with Gasteiger partial charge in [-0.1, -0.05) is 24.3 Å². The summed E-state index contributed by atoms with van der Waals surface area (Å²) in [4.78, 5) is 12.7. The van der Waals surface area contributed by atoms with Gasteiger partial charge in [-0.2, -0.15) is 4.31 Å². The van der Waals surface area contributed by atoms with Gasteiger partial charge in [0.05, 0.1) is 16.5 Å². The standard InChI is InChI=1S/C23H28FN5O3S/c1-3-16(2)29-22-8-7-20(14-21(22)26-27-29)33(31,32)28-11-9-18(10-12-28)23(30)25-15-17-5-4-6-19(24)13-17/h4-8,13-14,16,18H,3,9-12,15H2,1-2H3,(H,25,30)/t16-/m1/s1. The monoisotopic (exact) mass is 473 g/mol. The maximum absolute atomic E-state index is 13.3. The molecule has 0 unspecified atom stereocenters. The highest BCUT2D eigenvalue weighted by atomic mass is 32.2. The lowest BCUT2D eigenvalue weighted by Crippen LogP contribution is -2.42. The van der Waals surface area contributed by atoms with Crippen LogP contribution in [0, 0.1) is 11.7 Å². The van der Waals surface area contributed by atoms with Crippen LogP contribution in [0.5, 0.6) is 0 Å². The predicted octanol–water partition coefficient (Wildman–Crippen LogP) is 3.26. The number of piperidine rings is 1. The molecule has 1 aromatic heterocycles. The van der Waals surface area contributed by atoms with Crippen molar-refractivity contribution in [3.63, 3.8) is 0 Å². The smallest absolute Gasteiger partial charge is 0.243 e. The molecular formula is C23H28FN5O3S. The Kier molecular flexibility index (Phi) is 6.76. The number of aromatic nitrogens is 3. The van der Waals surface area contributed by atoms with Crippen LogP contribution in [0.2, 0.25) is 0 Å². The van der Waals surface area contributed by atoms with Crippen molar-refractivity contribution >= 4 is 27.0 Å². The number of rotatable bonds is 7. The molecule has 0 radical (unpaired) electrons. The molecule has 1 N–H and O–H groups in total. The van der Waals surface area contributed by atoms with E-state index in [-0.39, 0.29) is 48.2 Å². The van der Waals surface area contributed by atoms with Gasteiger partial charge in [0.15, 0.2) is 0 Å². The third-order valence-electron chi connectivity index (χ3n) is 6.27. The van der Waals surface area contributed by atoms with Crippen LogP contribution in [-0.4, -0.2) is 46.7 Å². The summed E-state index contributed by atoms with van der Waals surface area (Å²) in [6.45, 7) is 4.86. The van der Waals surface area contributed by atoms with Crippen LogP contribution in [0.1, 0.15) is 44.7 Å². The molecule has 10 heteroatoms. The summed E-state index contributed by atoms with van der Waals surface area (Å²) >= 11 is 0. The highest BCUT2D eigenvalue weighted by Gasteiger charge is 2.32. The largest absolute Gasteiger partial charge is 0.352 e. The van der Waals surface area contributed by atoms with Gasteiger partial charge in [-0.15, -0.1) is 5.10 Å². The summed E-state index contributed by atoms with van der Waals surface area (Å²) in [5.74, 6) is -0.761. The number of carbonyl (C=O) groups is 1. The number of sulfonamides is 1. The normalized spacial score (nSPS) is 16.7. The molecule has 2 heterocycles. The quantitative estimate of drug-likeness (QED) is 0.568. The van der Waals surface area contributed by atoms with Crippen LogP contribution in [-0.2, 0) is 21.4 Å². The van der Waals surface area contributed by atoms with E-state index in [1.807, 2.05) is 6.92 Å². The summed E-state index contributed by atoms with van der Waals surface area (Å²) in [5.41, 5.74) is 2.03. The Hall–Kier alpha value is -2.85. The molecule has 2 aromatic carbocycles. The number of benzene rings is 2. The minimum Gasteiger partial charge on any atom is -0.352 e. The zero-order valence-corrected chi connectivity index (χ0v) is 19.6. The highest BCUT2D eigenvalue weighted by molar-refractivity contribution is 7.89. The Morgan fingerprint density at radius 3 is 2.67 bits per heavy atom. The zero-order valence-electron chi connectivity index (χ0n) is 18.7. The fourth-order valence-corrected chi connectivity index (χ4v) is 5.56. The average molecular weight is 474 g/mol. The number of halogens is 1. The molecule has 4 rings (SSSR count). The predicted molar refractivity (Wildman–Crippen MR) is 122 cm³/mol. The van der Waals surface area contributed by atoms with Crippen molar-refractivity contribution in [2.45, 2.75) is 50.6 Å². The molecule has 33 heavy (non-hydrogen) atoms. The molecular weight excluding hydrogens is 445 g/mol. The van der Waals surface area contributed by atoms with Gasteiger partial charge in [0, 0.05) is 25.6 Å². The number of amides is 1. The SMILES string of the molecule is CC[C@@H](C)n1nnc2cc(S(=O)(=O)N3CCC(C(=O)NCc4cccc(F)c4)CC3)ccc21. The first-order valence-electron chi connectivity index (χ1n) is 11.2. The van der Waals surface area contributed by atoms with Crippen molar-refractivity contribution in [1.29, 1.82) is 0 Å². The van der Waals surface area contributed by atoms with Crippen LogP contribution in [0.15, 0.2) is 47.4 Å². The van der Waals surface area contributed by atoms with Gasteiger partial charge in [0.2, 0.25) is 15.9 Å². The van der Waals surface area contributed by atoms with Crippen molar-refractivity contribution in [1.82, 2.24) is 24.6 Å². The Morgan fingerprint density at radius 2 is 1.97 bits per heavy atom. The summed E-state index contributed by atoms with van der Waals surface area (Å²) < 4.78 is 42.9. The highest BCUT2D eigenvalue weighted by Crippen LogP contribution is 2.27. The topological polar surface area (TPSA) is 97.2 Å². The fourth-order valence-electron chi connectivity index (χ4n) is 4.07. The van der Waals surface area contributed by atoms with E-state index in [0.29, 0.717) is 23.9 Å². The second-order valence-electron chi connectivity index (χ2n) is 8.47. The second-order valence-corrected chi connectivity index (χ2v) is 10.4. The van der Waals surface area contributed by atoms with E-state index in [4.69, 9.17) is 0 Å². The van der Waals surface area contributed by atoms with Crippen LogP contribution in [0.25, 0.3) is 11.0 Å². The van der Waals surface area contributed by atoms with Gasteiger partial charge in [0.1, 0.15) is 11.3 Å². The molecule has 0 spiro atoms. The summed E-state index contributed by atoms with van der Waals surface area (Å²) in [5, 5.41) is 11.1.